The van der Waals surface area contributed by atoms with Crippen LogP contribution in [0.25, 0.3) is 10.2 Å². The maximum absolute atomic E-state index is 12.4. The first-order chi connectivity index (χ1) is 9.16. The van der Waals surface area contributed by atoms with Crippen molar-refractivity contribution in [2.75, 3.05) is 0 Å². The maximum atomic E-state index is 12.4. The van der Waals surface area contributed by atoms with Crippen molar-refractivity contribution in [3.63, 3.8) is 0 Å². The Kier molecular flexibility index (Phi) is 3.34. The fraction of sp³-hybridized carbons (Fsp3) is 0.250. The lowest BCUT2D eigenvalue weighted by Crippen LogP contribution is -2.23. The number of H-pyrrole nitrogens is 1. The van der Waals surface area contributed by atoms with Crippen LogP contribution >= 0.6 is 34.9 Å². The Bertz CT molecular complexity index is 813. The van der Waals surface area contributed by atoms with E-state index in [9.17, 15) is 4.79 Å². The second-order valence-electron chi connectivity index (χ2n) is 4.28. The van der Waals surface area contributed by atoms with E-state index in [-0.39, 0.29) is 11.5 Å². The van der Waals surface area contributed by atoms with Gasteiger partial charge in [0, 0.05) is 24.0 Å². The van der Waals surface area contributed by atoms with E-state index < -0.39 is 0 Å². The van der Waals surface area contributed by atoms with Gasteiger partial charge in [-0.3, -0.25) is 9.36 Å². The van der Waals surface area contributed by atoms with Gasteiger partial charge in [0.15, 0.2) is 4.77 Å². The van der Waals surface area contributed by atoms with Gasteiger partial charge >= 0.3 is 0 Å². The van der Waals surface area contributed by atoms with E-state index in [4.69, 9.17) is 12.2 Å². The monoisotopic (exact) mass is 309 g/mol. The van der Waals surface area contributed by atoms with Gasteiger partial charge in [0.2, 0.25) is 0 Å². The zero-order chi connectivity index (χ0) is 13.4. The molecule has 3 aromatic heterocycles. The number of aromatic amines is 1. The minimum atomic E-state index is -0.0165. The van der Waals surface area contributed by atoms with Crippen LogP contribution in [0.1, 0.15) is 17.8 Å². The van der Waals surface area contributed by atoms with Gasteiger partial charge in [0.05, 0.1) is 10.5 Å². The number of fused-ring (bicyclic) bond motifs is 1. The fourth-order valence-corrected chi connectivity index (χ4v) is 3.72. The molecule has 3 rings (SSSR count). The maximum Gasteiger partial charge on any atom is 0.272 e. The Balaban J connectivity index is 2.06. The lowest BCUT2D eigenvalue weighted by atomic mass is 10.2. The Labute approximate surface area is 122 Å². The average Bonchev–Trinajstić information content (AvgIpc) is 3.04. The van der Waals surface area contributed by atoms with Gasteiger partial charge in [-0.05, 0) is 23.7 Å². The summed E-state index contributed by atoms with van der Waals surface area (Å²) in [5.74, 6) is 0.171. The lowest BCUT2D eigenvalue weighted by molar-refractivity contribution is 0.568. The summed E-state index contributed by atoms with van der Waals surface area (Å²) in [7, 11) is 0. The highest BCUT2D eigenvalue weighted by molar-refractivity contribution is 7.71. The molecule has 7 heteroatoms. The van der Waals surface area contributed by atoms with Crippen molar-refractivity contribution in [2.45, 2.75) is 19.4 Å². The number of aromatic nitrogens is 3. The van der Waals surface area contributed by atoms with Crippen molar-refractivity contribution in [1.82, 2.24) is 14.5 Å². The fourth-order valence-electron chi connectivity index (χ4n) is 1.97. The van der Waals surface area contributed by atoms with E-state index in [1.807, 2.05) is 16.8 Å². The summed E-state index contributed by atoms with van der Waals surface area (Å²) in [6, 6.07) is 1.88. The van der Waals surface area contributed by atoms with E-state index >= 15 is 0 Å². The normalized spacial score (nSPS) is 12.9. The zero-order valence-electron chi connectivity index (χ0n) is 10.1. The molecule has 0 bridgehead atoms. The number of rotatable bonds is 3. The molecule has 1 N–H and O–H groups in total. The second kappa shape index (κ2) is 4.99. The van der Waals surface area contributed by atoms with Crippen molar-refractivity contribution < 1.29 is 0 Å². The summed E-state index contributed by atoms with van der Waals surface area (Å²) in [5, 5.41) is 4.86. The van der Waals surface area contributed by atoms with Crippen molar-refractivity contribution in [2.24, 2.45) is 0 Å². The number of hydrogen-bond acceptors (Lipinski definition) is 5. The molecule has 0 amide bonds. The van der Waals surface area contributed by atoms with Crippen molar-refractivity contribution >= 4 is 45.1 Å². The third-order valence-electron chi connectivity index (χ3n) is 2.92. The van der Waals surface area contributed by atoms with E-state index in [1.165, 1.54) is 11.3 Å². The predicted molar refractivity (Wildman–Crippen MR) is 81.8 cm³/mol. The molecule has 0 spiro atoms. The molecule has 0 saturated carbocycles. The summed E-state index contributed by atoms with van der Waals surface area (Å²) >= 11 is 8.31. The molecule has 3 aromatic rings. The third-order valence-corrected chi connectivity index (χ3v) is 5.15. The third kappa shape index (κ3) is 2.29. The van der Waals surface area contributed by atoms with Gasteiger partial charge in [0.25, 0.3) is 5.56 Å². The molecule has 98 valence electrons. The summed E-state index contributed by atoms with van der Waals surface area (Å²) in [6.07, 6.45) is 1.78. The van der Waals surface area contributed by atoms with Gasteiger partial charge in [0.1, 0.15) is 4.70 Å². The Morgan fingerprint density at radius 2 is 2.32 bits per heavy atom. The van der Waals surface area contributed by atoms with Crippen LogP contribution in [0.5, 0.6) is 0 Å². The molecule has 0 aliphatic rings. The number of thiophene rings is 1. The van der Waals surface area contributed by atoms with Gasteiger partial charge in [-0.2, -0.15) is 0 Å². The summed E-state index contributed by atoms with van der Waals surface area (Å²) in [5.41, 5.74) is 0.801. The minimum absolute atomic E-state index is 0.0165. The molecule has 19 heavy (non-hydrogen) atoms. The first-order valence-corrected chi connectivity index (χ1v) is 7.93. The van der Waals surface area contributed by atoms with Crippen LogP contribution in [-0.4, -0.2) is 14.5 Å². The van der Waals surface area contributed by atoms with Crippen LogP contribution in [0, 0.1) is 4.77 Å². The van der Waals surface area contributed by atoms with Crippen LogP contribution in [-0.2, 0) is 6.54 Å². The summed E-state index contributed by atoms with van der Waals surface area (Å²) < 4.78 is 2.82. The van der Waals surface area contributed by atoms with E-state index in [0.29, 0.717) is 11.3 Å². The molecule has 0 saturated heterocycles. The Morgan fingerprint density at radius 1 is 1.47 bits per heavy atom. The van der Waals surface area contributed by atoms with Crippen molar-refractivity contribution in [3.05, 3.63) is 43.2 Å². The Morgan fingerprint density at radius 3 is 3.05 bits per heavy atom. The average molecular weight is 309 g/mol. The van der Waals surface area contributed by atoms with Crippen LogP contribution in [0.15, 0.2) is 27.8 Å². The molecule has 4 nitrogen and oxygen atoms in total. The standard InChI is InChI=1S/C12H11N3OS3/c1-7(10-13-3-5-19-10)6-15-11(16)9-8(2-4-18-9)14-12(15)17/h2-5,7H,6H2,1H3,(H,14,17). The molecule has 0 aliphatic heterocycles. The minimum Gasteiger partial charge on any atom is -0.331 e. The molecular weight excluding hydrogens is 298 g/mol. The van der Waals surface area contributed by atoms with Crippen molar-refractivity contribution in [3.8, 4) is 0 Å². The number of nitrogens with zero attached hydrogens (tertiary/aromatic N) is 2. The van der Waals surface area contributed by atoms with E-state index in [1.54, 1.807) is 22.1 Å². The molecule has 0 fully saturated rings. The lowest BCUT2D eigenvalue weighted by Gasteiger charge is -2.11. The van der Waals surface area contributed by atoms with E-state index in [2.05, 4.69) is 16.9 Å². The molecule has 0 radical (unpaired) electrons. The number of hydrogen-bond donors (Lipinski definition) is 1. The zero-order valence-corrected chi connectivity index (χ0v) is 12.6. The molecule has 0 aliphatic carbocycles. The van der Waals surface area contributed by atoms with Crippen LogP contribution in [0.3, 0.4) is 0 Å². The molecule has 0 aromatic carbocycles. The molecular formula is C12H11N3OS3. The SMILES string of the molecule is CC(Cn1c(=S)[nH]c2ccsc2c1=O)c1nccs1. The first kappa shape index (κ1) is 12.7. The highest BCUT2D eigenvalue weighted by atomic mass is 32.1. The second-order valence-corrected chi connectivity index (χ2v) is 6.51. The van der Waals surface area contributed by atoms with Gasteiger partial charge in [-0.15, -0.1) is 22.7 Å². The van der Waals surface area contributed by atoms with Gasteiger partial charge < -0.3 is 4.98 Å². The summed E-state index contributed by atoms with van der Waals surface area (Å²) in [4.78, 5) is 19.8. The number of nitrogens with one attached hydrogen (secondary N) is 1. The summed E-state index contributed by atoms with van der Waals surface area (Å²) in [6.45, 7) is 2.61. The first-order valence-electron chi connectivity index (χ1n) is 5.76. The van der Waals surface area contributed by atoms with Crippen LogP contribution in [0.2, 0.25) is 0 Å². The van der Waals surface area contributed by atoms with Gasteiger partial charge in [-0.1, -0.05) is 6.92 Å². The topological polar surface area (TPSA) is 50.7 Å². The number of thiazole rings is 1. The predicted octanol–water partition coefficient (Wildman–Crippen LogP) is 3.38. The Hall–Kier alpha value is -1.31. The molecule has 1 atom stereocenters. The van der Waals surface area contributed by atoms with Gasteiger partial charge in [-0.25, -0.2) is 4.98 Å². The van der Waals surface area contributed by atoms with E-state index in [0.717, 1.165) is 15.2 Å². The largest absolute Gasteiger partial charge is 0.331 e. The highest BCUT2D eigenvalue weighted by Crippen LogP contribution is 2.20. The highest BCUT2D eigenvalue weighted by Gasteiger charge is 2.13. The van der Waals surface area contributed by atoms with Crippen LogP contribution < -0.4 is 5.56 Å². The molecule has 1 unspecified atom stereocenters. The van der Waals surface area contributed by atoms with Crippen LogP contribution in [0.4, 0.5) is 0 Å². The molecule has 3 heterocycles. The quantitative estimate of drug-likeness (QED) is 0.755. The smallest absolute Gasteiger partial charge is 0.272 e. The van der Waals surface area contributed by atoms with Crippen molar-refractivity contribution in [1.29, 1.82) is 0 Å².